The van der Waals surface area contributed by atoms with Crippen molar-refractivity contribution in [3.05, 3.63) is 0 Å². The van der Waals surface area contributed by atoms with Gasteiger partial charge < -0.3 is 10.4 Å². The molecule has 0 aromatic carbocycles. The third-order valence-corrected chi connectivity index (χ3v) is 3.96. The quantitative estimate of drug-likeness (QED) is 0.743. The molecule has 0 bridgehead atoms. The summed E-state index contributed by atoms with van der Waals surface area (Å²) in [7, 11) is 0. The molecule has 2 saturated carbocycles. The van der Waals surface area contributed by atoms with Crippen LogP contribution in [0.5, 0.6) is 0 Å². The molecule has 4 nitrogen and oxygen atoms in total. The predicted octanol–water partition coefficient (Wildman–Crippen LogP) is 1.40. The van der Waals surface area contributed by atoms with E-state index in [1.807, 2.05) is 6.92 Å². The van der Waals surface area contributed by atoms with Crippen molar-refractivity contribution in [3.8, 4) is 0 Å². The van der Waals surface area contributed by atoms with E-state index in [2.05, 4.69) is 5.32 Å². The fraction of sp³-hybridized carbons (Fsp3) is 0.833. The molecule has 16 heavy (non-hydrogen) atoms. The number of hydrogen-bond donors (Lipinski definition) is 2. The van der Waals surface area contributed by atoms with Gasteiger partial charge in [-0.25, -0.2) is 4.79 Å². The first-order valence-corrected chi connectivity index (χ1v) is 6.00. The van der Waals surface area contributed by atoms with Crippen LogP contribution in [0.2, 0.25) is 0 Å². The average molecular weight is 225 g/mol. The zero-order chi connectivity index (χ0) is 11.9. The Morgan fingerprint density at radius 2 is 1.88 bits per heavy atom. The second-order valence-electron chi connectivity index (χ2n) is 5.40. The molecular weight excluding hydrogens is 206 g/mol. The molecule has 90 valence electrons. The smallest absolute Gasteiger partial charge is 0.329 e. The van der Waals surface area contributed by atoms with Crippen LogP contribution >= 0.6 is 0 Å². The van der Waals surface area contributed by atoms with E-state index in [0.717, 1.165) is 25.7 Å². The zero-order valence-electron chi connectivity index (χ0n) is 9.82. The molecular formula is C12H19NO3. The molecule has 2 aliphatic rings. The van der Waals surface area contributed by atoms with Gasteiger partial charge in [0.2, 0.25) is 5.91 Å². The molecule has 2 N–H and O–H groups in total. The first-order chi connectivity index (χ1) is 7.45. The van der Waals surface area contributed by atoms with Gasteiger partial charge in [-0.05, 0) is 44.4 Å². The van der Waals surface area contributed by atoms with E-state index in [-0.39, 0.29) is 17.7 Å². The van der Waals surface area contributed by atoms with Gasteiger partial charge in [0.1, 0.15) is 5.54 Å². The summed E-state index contributed by atoms with van der Waals surface area (Å²) < 4.78 is 0. The maximum atomic E-state index is 11.9. The summed E-state index contributed by atoms with van der Waals surface area (Å²) in [6.07, 6.45) is 4.01. The summed E-state index contributed by atoms with van der Waals surface area (Å²) >= 11 is 0. The Morgan fingerprint density at radius 1 is 1.31 bits per heavy atom. The van der Waals surface area contributed by atoms with Crippen LogP contribution in [-0.2, 0) is 9.59 Å². The van der Waals surface area contributed by atoms with Crippen LogP contribution in [0.15, 0.2) is 0 Å². The van der Waals surface area contributed by atoms with Gasteiger partial charge in [-0.15, -0.1) is 0 Å². The molecule has 0 spiro atoms. The maximum Gasteiger partial charge on any atom is 0.329 e. The Hall–Kier alpha value is -1.06. The first-order valence-electron chi connectivity index (χ1n) is 6.00. The van der Waals surface area contributed by atoms with E-state index in [1.54, 1.807) is 6.92 Å². The molecule has 2 atom stereocenters. The Bertz CT molecular complexity index is 320. The van der Waals surface area contributed by atoms with Gasteiger partial charge >= 0.3 is 5.97 Å². The highest BCUT2D eigenvalue weighted by Gasteiger charge is 2.49. The van der Waals surface area contributed by atoms with Gasteiger partial charge in [-0.2, -0.15) is 0 Å². The number of nitrogens with one attached hydrogen (secondary N) is 1. The number of hydrogen-bond acceptors (Lipinski definition) is 2. The molecule has 0 heterocycles. The summed E-state index contributed by atoms with van der Waals surface area (Å²) in [6, 6.07) is 0. The minimum atomic E-state index is -1.06. The van der Waals surface area contributed by atoms with Crippen molar-refractivity contribution in [1.82, 2.24) is 5.32 Å². The van der Waals surface area contributed by atoms with Gasteiger partial charge in [-0.1, -0.05) is 6.92 Å². The third-order valence-electron chi connectivity index (χ3n) is 3.96. The number of amides is 1. The third kappa shape index (κ3) is 2.06. The highest BCUT2D eigenvalue weighted by Crippen LogP contribution is 2.41. The van der Waals surface area contributed by atoms with E-state index in [1.165, 1.54) is 0 Å². The summed E-state index contributed by atoms with van der Waals surface area (Å²) in [4.78, 5) is 23.1. The van der Waals surface area contributed by atoms with E-state index in [0.29, 0.717) is 5.92 Å². The van der Waals surface area contributed by atoms with E-state index in [4.69, 9.17) is 0 Å². The lowest BCUT2D eigenvalue weighted by Crippen LogP contribution is -2.55. The van der Waals surface area contributed by atoms with Gasteiger partial charge in [0.15, 0.2) is 0 Å². The second kappa shape index (κ2) is 3.75. The summed E-state index contributed by atoms with van der Waals surface area (Å²) in [5.41, 5.74) is -1.06. The van der Waals surface area contributed by atoms with E-state index in [9.17, 15) is 14.7 Å². The SMILES string of the molecule is CC(C(=O)NC(C)(C(=O)O)C1CC1)C1CC1. The molecule has 0 saturated heterocycles. The Balaban J connectivity index is 1.99. The maximum absolute atomic E-state index is 11.9. The standard InChI is InChI=1S/C12H19NO3/c1-7(8-3-4-8)10(14)13-12(2,11(15)16)9-5-6-9/h7-9H,3-6H2,1-2H3,(H,13,14)(H,15,16). The number of rotatable bonds is 5. The fourth-order valence-electron chi connectivity index (χ4n) is 2.17. The highest BCUT2D eigenvalue weighted by atomic mass is 16.4. The fourth-order valence-corrected chi connectivity index (χ4v) is 2.17. The van der Waals surface area contributed by atoms with Crippen LogP contribution in [0, 0.1) is 17.8 Å². The molecule has 1 amide bonds. The van der Waals surface area contributed by atoms with Crippen molar-refractivity contribution in [2.45, 2.75) is 45.1 Å². The first kappa shape index (κ1) is 11.4. The minimum absolute atomic E-state index is 0.0441. The van der Waals surface area contributed by atoms with E-state index < -0.39 is 11.5 Å². The lowest BCUT2D eigenvalue weighted by Gasteiger charge is -2.27. The number of carboxylic acids is 1. The Morgan fingerprint density at radius 3 is 2.25 bits per heavy atom. The van der Waals surface area contributed by atoms with Crippen molar-refractivity contribution in [3.63, 3.8) is 0 Å². The highest BCUT2D eigenvalue weighted by molar-refractivity contribution is 5.88. The topological polar surface area (TPSA) is 66.4 Å². The van der Waals surface area contributed by atoms with Crippen LogP contribution in [0.3, 0.4) is 0 Å². The van der Waals surface area contributed by atoms with Crippen molar-refractivity contribution in [2.75, 3.05) is 0 Å². The largest absolute Gasteiger partial charge is 0.480 e. The van der Waals surface area contributed by atoms with Crippen LogP contribution in [0.1, 0.15) is 39.5 Å². The second-order valence-corrected chi connectivity index (χ2v) is 5.40. The summed E-state index contributed by atoms with van der Waals surface area (Å²) in [5, 5.41) is 12.0. The zero-order valence-corrected chi connectivity index (χ0v) is 9.82. The molecule has 2 aliphatic carbocycles. The number of carboxylic acid groups (broad SMARTS) is 1. The van der Waals surface area contributed by atoms with Crippen molar-refractivity contribution >= 4 is 11.9 Å². The number of carbonyl (C=O) groups excluding carboxylic acids is 1. The van der Waals surface area contributed by atoms with Crippen molar-refractivity contribution in [2.24, 2.45) is 17.8 Å². The molecule has 0 aromatic heterocycles. The van der Waals surface area contributed by atoms with Crippen LogP contribution < -0.4 is 5.32 Å². The van der Waals surface area contributed by atoms with Crippen molar-refractivity contribution in [1.29, 1.82) is 0 Å². The molecule has 0 radical (unpaired) electrons. The van der Waals surface area contributed by atoms with Gasteiger partial charge in [0.05, 0.1) is 0 Å². The molecule has 0 aliphatic heterocycles. The molecule has 2 unspecified atom stereocenters. The number of carbonyl (C=O) groups is 2. The predicted molar refractivity (Wildman–Crippen MR) is 58.8 cm³/mol. The Labute approximate surface area is 95.4 Å². The van der Waals surface area contributed by atoms with Gasteiger partial charge in [0, 0.05) is 5.92 Å². The normalized spacial score (nSPS) is 25.6. The monoisotopic (exact) mass is 225 g/mol. The van der Waals surface area contributed by atoms with Crippen LogP contribution in [0.4, 0.5) is 0 Å². The Kier molecular flexibility index (Phi) is 2.68. The molecule has 0 aromatic rings. The summed E-state index contributed by atoms with van der Waals surface area (Å²) in [6.45, 7) is 3.52. The summed E-state index contributed by atoms with van der Waals surface area (Å²) in [5.74, 6) is -0.472. The lowest BCUT2D eigenvalue weighted by molar-refractivity contribution is -0.148. The lowest BCUT2D eigenvalue weighted by atomic mass is 9.94. The van der Waals surface area contributed by atoms with E-state index >= 15 is 0 Å². The minimum Gasteiger partial charge on any atom is -0.480 e. The molecule has 4 heteroatoms. The molecule has 2 rings (SSSR count). The molecule has 2 fully saturated rings. The van der Waals surface area contributed by atoms with Gasteiger partial charge in [0.25, 0.3) is 0 Å². The van der Waals surface area contributed by atoms with Crippen LogP contribution in [-0.4, -0.2) is 22.5 Å². The average Bonchev–Trinajstić information content (AvgIpc) is 3.03. The van der Waals surface area contributed by atoms with Crippen molar-refractivity contribution < 1.29 is 14.7 Å². The van der Waals surface area contributed by atoms with Gasteiger partial charge in [-0.3, -0.25) is 4.79 Å². The number of aliphatic carboxylic acids is 1. The van der Waals surface area contributed by atoms with Crippen LogP contribution in [0.25, 0.3) is 0 Å².